The molecule has 0 bridgehead atoms. The zero-order chi connectivity index (χ0) is 10.8. The molecule has 1 N–H and O–H groups in total. The number of hydrogen-bond acceptors (Lipinski definition) is 2. The molecule has 0 aromatic heterocycles. The lowest BCUT2D eigenvalue weighted by atomic mass is 9.93. The molecule has 1 rings (SSSR count). The Kier molecular flexibility index (Phi) is 3.53. The Labute approximate surface area is 86.1 Å². The van der Waals surface area contributed by atoms with Crippen molar-refractivity contribution in [2.24, 2.45) is 0 Å². The van der Waals surface area contributed by atoms with Crippen LogP contribution in [0.5, 0.6) is 0 Å². The maximum absolute atomic E-state index is 10.7. The molecule has 1 aliphatic heterocycles. The molecule has 1 unspecified atom stereocenters. The van der Waals surface area contributed by atoms with Gasteiger partial charge < -0.3 is 5.11 Å². The highest BCUT2D eigenvalue weighted by Gasteiger charge is 2.31. The number of aliphatic carboxylic acids is 1. The fourth-order valence-electron chi connectivity index (χ4n) is 2.30. The lowest BCUT2D eigenvalue weighted by Crippen LogP contribution is -2.51. The Hall–Kier alpha value is -0.570. The van der Waals surface area contributed by atoms with Crippen molar-refractivity contribution in [2.75, 3.05) is 6.54 Å². The fourth-order valence-corrected chi connectivity index (χ4v) is 2.30. The van der Waals surface area contributed by atoms with E-state index < -0.39 is 5.97 Å². The smallest absolute Gasteiger partial charge is 0.304 e. The molecule has 0 aromatic carbocycles. The van der Waals surface area contributed by atoms with Crippen LogP contribution in [0.4, 0.5) is 0 Å². The van der Waals surface area contributed by atoms with Crippen molar-refractivity contribution in [1.29, 1.82) is 0 Å². The first-order chi connectivity index (χ1) is 6.41. The van der Waals surface area contributed by atoms with Crippen molar-refractivity contribution < 1.29 is 9.90 Å². The molecule has 1 fully saturated rings. The molecule has 82 valence electrons. The second kappa shape index (κ2) is 4.30. The molecular weight excluding hydrogens is 178 g/mol. The molecular formula is C11H21NO2. The van der Waals surface area contributed by atoms with Gasteiger partial charge >= 0.3 is 5.97 Å². The summed E-state index contributed by atoms with van der Waals surface area (Å²) in [5.41, 5.74) is 0.0978. The lowest BCUT2D eigenvalue weighted by molar-refractivity contribution is -0.139. The SMILES string of the molecule is CC(C)(C)N1CCCCC1CC(=O)O. The average Bonchev–Trinajstić information content (AvgIpc) is 2.01. The van der Waals surface area contributed by atoms with E-state index in [0.717, 1.165) is 13.0 Å². The van der Waals surface area contributed by atoms with E-state index in [2.05, 4.69) is 25.7 Å². The van der Waals surface area contributed by atoms with Crippen LogP contribution in [0.25, 0.3) is 0 Å². The fraction of sp³-hybridized carbons (Fsp3) is 0.909. The highest BCUT2D eigenvalue weighted by molar-refractivity contribution is 5.67. The van der Waals surface area contributed by atoms with Gasteiger partial charge in [0, 0.05) is 11.6 Å². The predicted octanol–water partition coefficient (Wildman–Crippen LogP) is 2.11. The minimum Gasteiger partial charge on any atom is -0.481 e. The number of likely N-dealkylation sites (tertiary alicyclic amines) is 1. The van der Waals surface area contributed by atoms with Gasteiger partial charge in [-0.15, -0.1) is 0 Å². The second-order valence-corrected chi connectivity index (χ2v) is 5.11. The molecule has 0 aliphatic carbocycles. The summed E-state index contributed by atoms with van der Waals surface area (Å²) in [6, 6.07) is 0.237. The first-order valence-corrected chi connectivity index (χ1v) is 5.40. The number of hydrogen-bond donors (Lipinski definition) is 1. The van der Waals surface area contributed by atoms with Crippen LogP contribution in [0.2, 0.25) is 0 Å². The van der Waals surface area contributed by atoms with E-state index in [4.69, 9.17) is 5.11 Å². The van der Waals surface area contributed by atoms with Crippen LogP contribution in [0.3, 0.4) is 0 Å². The Morgan fingerprint density at radius 3 is 2.57 bits per heavy atom. The number of carboxylic acids is 1. The number of piperidine rings is 1. The zero-order valence-corrected chi connectivity index (χ0v) is 9.42. The number of rotatable bonds is 2. The van der Waals surface area contributed by atoms with Gasteiger partial charge in [0.15, 0.2) is 0 Å². The molecule has 0 radical (unpaired) electrons. The van der Waals surface area contributed by atoms with E-state index in [0.29, 0.717) is 0 Å². The van der Waals surface area contributed by atoms with E-state index in [-0.39, 0.29) is 18.0 Å². The topological polar surface area (TPSA) is 40.5 Å². The van der Waals surface area contributed by atoms with Crippen LogP contribution in [-0.4, -0.2) is 34.1 Å². The normalized spacial score (nSPS) is 24.9. The minimum atomic E-state index is -0.675. The highest BCUT2D eigenvalue weighted by Crippen LogP contribution is 2.27. The summed E-state index contributed by atoms with van der Waals surface area (Å²) in [4.78, 5) is 13.1. The van der Waals surface area contributed by atoms with Gasteiger partial charge in [-0.3, -0.25) is 9.69 Å². The summed E-state index contributed by atoms with van der Waals surface area (Å²) >= 11 is 0. The van der Waals surface area contributed by atoms with E-state index >= 15 is 0 Å². The van der Waals surface area contributed by atoms with Crippen molar-refractivity contribution in [3.8, 4) is 0 Å². The summed E-state index contributed by atoms with van der Waals surface area (Å²) in [7, 11) is 0. The molecule has 1 atom stereocenters. The van der Waals surface area contributed by atoms with Gasteiger partial charge in [-0.05, 0) is 40.2 Å². The maximum atomic E-state index is 10.7. The predicted molar refractivity (Wildman–Crippen MR) is 56.4 cm³/mol. The average molecular weight is 199 g/mol. The van der Waals surface area contributed by atoms with Crippen molar-refractivity contribution in [3.05, 3.63) is 0 Å². The van der Waals surface area contributed by atoms with Crippen LogP contribution < -0.4 is 0 Å². The Morgan fingerprint density at radius 2 is 2.07 bits per heavy atom. The quantitative estimate of drug-likeness (QED) is 0.740. The Morgan fingerprint density at radius 1 is 1.43 bits per heavy atom. The third kappa shape index (κ3) is 2.98. The van der Waals surface area contributed by atoms with Crippen molar-refractivity contribution in [2.45, 2.75) is 58.0 Å². The second-order valence-electron chi connectivity index (χ2n) is 5.11. The molecule has 1 saturated heterocycles. The van der Waals surface area contributed by atoms with Gasteiger partial charge in [0.1, 0.15) is 0 Å². The molecule has 1 heterocycles. The van der Waals surface area contributed by atoms with E-state index in [9.17, 15) is 4.79 Å². The molecule has 0 spiro atoms. The molecule has 3 nitrogen and oxygen atoms in total. The van der Waals surface area contributed by atoms with E-state index in [1.807, 2.05) is 0 Å². The van der Waals surface area contributed by atoms with Crippen LogP contribution in [-0.2, 0) is 4.79 Å². The number of carbonyl (C=O) groups is 1. The minimum absolute atomic E-state index is 0.0978. The summed E-state index contributed by atoms with van der Waals surface area (Å²) < 4.78 is 0. The van der Waals surface area contributed by atoms with Crippen molar-refractivity contribution >= 4 is 5.97 Å². The number of carboxylic acid groups (broad SMARTS) is 1. The maximum Gasteiger partial charge on any atom is 0.304 e. The molecule has 14 heavy (non-hydrogen) atoms. The van der Waals surface area contributed by atoms with Crippen LogP contribution in [0, 0.1) is 0 Å². The lowest BCUT2D eigenvalue weighted by Gasteiger charge is -2.44. The van der Waals surface area contributed by atoms with Gasteiger partial charge in [0.05, 0.1) is 6.42 Å². The van der Waals surface area contributed by atoms with Crippen molar-refractivity contribution in [1.82, 2.24) is 4.90 Å². The van der Waals surface area contributed by atoms with Crippen LogP contribution in [0.1, 0.15) is 46.5 Å². The van der Waals surface area contributed by atoms with Gasteiger partial charge in [0.25, 0.3) is 0 Å². The van der Waals surface area contributed by atoms with Crippen molar-refractivity contribution in [3.63, 3.8) is 0 Å². The molecule has 1 aliphatic rings. The highest BCUT2D eigenvalue weighted by atomic mass is 16.4. The third-order valence-electron chi connectivity index (χ3n) is 2.90. The first-order valence-electron chi connectivity index (χ1n) is 5.40. The van der Waals surface area contributed by atoms with Gasteiger partial charge in [0.2, 0.25) is 0 Å². The zero-order valence-electron chi connectivity index (χ0n) is 9.42. The van der Waals surface area contributed by atoms with Crippen LogP contribution >= 0.6 is 0 Å². The number of nitrogens with zero attached hydrogens (tertiary/aromatic N) is 1. The van der Waals surface area contributed by atoms with Gasteiger partial charge in [-0.2, -0.15) is 0 Å². The third-order valence-corrected chi connectivity index (χ3v) is 2.90. The Balaban J connectivity index is 2.64. The molecule has 0 saturated carbocycles. The summed E-state index contributed by atoms with van der Waals surface area (Å²) in [5.74, 6) is -0.675. The van der Waals surface area contributed by atoms with E-state index in [1.54, 1.807) is 0 Å². The first kappa shape index (κ1) is 11.5. The standard InChI is InChI=1S/C11H21NO2/c1-11(2,3)12-7-5-4-6-9(12)8-10(13)14/h9H,4-8H2,1-3H3,(H,13,14). The van der Waals surface area contributed by atoms with E-state index in [1.165, 1.54) is 12.8 Å². The molecule has 0 aromatic rings. The summed E-state index contributed by atoms with van der Waals surface area (Å²) in [6.07, 6.45) is 3.69. The molecule has 0 amide bonds. The Bertz CT molecular complexity index is 208. The largest absolute Gasteiger partial charge is 0.481 e. The summed E-state index contributed by atoms with van der Waals surface area (Å²) in [6.45, 7) is 7.52. The molecule has 3 heteroatoms. The summed E-state index contributed by atoms with van der Waals surface area (Å²) in [5, 5.41) is 8.82. The van der Waals surface area contributed by atoms with Crippen LogP contribution in [0.15, 0.2) is 0 Å². The van der Waals surface area contributed by atoms with Gasteiger partial charge in [-0.25, -0.2) is 0 Å². The monoisotopic (exact) mass is 199 g/mol. The van der Waals surface area contributed by atoms with Gasteiger partial charge in [-0.1, -0.05) is 6.42 Å².